The molecule has 8 nitrogen and oxygen atoms in total. The van der Waals surface area contributed by atoms with Crippen LogP contribution in [0.1, 0.15) is 12.5 Å². The summed E-state index contributed by atoms with van der Waals surface area (Å²) in [5.74, 6) is 2.68. The second-order valence-corrected chi connectivity index (χ2v) is 7.44. The number of methoxy groups -OCH3 is 2. The van der Waals surface area contributed by atoms with Gasteiger partial charge in [-0.05, 0) is 43.2 Å². The number of hydrogen-bond donors (Lipinski definition) is 2. The first-order chi connectivity index (χ1) is 15.4. The minimum Gasteiger partial charge on any atom is -0.497 e. The number of guanidine groups is 1. The summed E-state index contributed by atoms with van der Waals surface area (Å²) in [5, 5.41) is 6.55. The van der Waals surface area contributed by atoms with Crippen LogP contribution in [0.5, 0.6) is 17.2 Å². The number of hydrogen-bond acceptors (Lipinski definition) is 5. The highest BCUT2D eigenvalue weighted by Crippen LogP contribution is 2.26. The summed E-state index contributed by atoms with van der Waals surface area (Å²) in [5.41, 5.74) is 1.18. The van der Waals surface area contributed by atoms with Gasteiger partial charge in [-0.15, -0.1) is 0 Å². The van der Waals surface area contributed by atoms with Gasteiger partial charge in [0.25, 0.3) is 0 Å². The van der Waals surface area contributed by atoms with Crippen molar-refractivity contribution in [2.45, 2.75) is 19.4 Å². The second kappa shape index (κ2) is 13.1. The lowest BCUT2D eigenvalue weighted by atomic mass is 10.1. The van der Waals surface area contributed by atoms with Gasteiger partial charge >= 0.3 is 0 Å². The molecule has 0 fully saturated rings. The largest absolute Gasteiger partial charge is 0.497 e. The number of ether oxygens (including phenoxy) is 3. The van der Waals surface area contributed by atoms with E-state index in [0.29, 0.717) is 30.5 Å². The van der Waals surface area contributed by atoms with Gasteiger partial charge in [0, 0.05) is 20.6 Å². The van der Waals surface area contributed by atoms with E-state index in [-0.39, 0.29) is 18.6 Å². The smallest absolute Gasteiger partial charge is 0.243 e. The average molecular weight is 443 g/mol. The molecule has 2 aromatic rings. The summed E-state index contributed by atoms with van der Waals surface area (Å²) in [6, 6.07) is 15.5. The average Bonchev–Trinajstić information content (AvgIpc) is 2.80. The number of para-hydroxylation sites is 2. The third kappa shape index (κ3) is 8.37. The molecular weight excluding hydrogens is 408 g/mol. The highest BCUT2D eigenvalue weighted by molar-refractivity contribution is 5.84. The van der Waals surface area contributed by atoms with Gasteiger partial charge in [0.15, 0.2) is 17.5 Å². The van der Waals surface area contributed by atoms with Crippen LogP contribution in [0.2, 0.25) is 0 Å². The van der Waals surface area contributed by atoms with E-state index < -0.39 is 0 Å². The quantitative estimate of drug-likeness (QED) is 0.411. The first-order valence-electron chi connectivity index (χ1n) is 10.6. The number of rotatable bonds is 11. The Morgan fingerprint density at radius 3 is 2.31 bits per heavy atom. The molecule has 0 aliphatic rings. The van der Waals surface area contributed by atoms with Crippen LogP contribution in [-0.4, -0.2) is 70.8 Å². The fraction of sp³-hybridized carbons (Fsp3) is 0.417. The van der Waals surface area contributed by atoms with Gasteiger partial charge in [0.1, 0.15) is 18.4 Å². The zero-order chi connectivity index (χ0) is 23.3. The number of nitrogens with one attached hydrogen (secondary N) is 2. The lowest BCUT2D eigenvalue weighted by molar-refractivity contribution is -0.127. The first-order valence-corrected chi connectivity index (χ1v) is 10.6. The molecule has 8 heteroatoms. The fourth-order valence-electron chi connectivity index (χ4n) is 2.79. The Bertz CT molecular complexity index is 869. The van der Waals surface area contributed by atoms with Crippen LogP contribution < -0.4 is 24.8 Å². The molecule has 0 bridgehead atoms. The molecule has 0 saturated heterocycles. The third-order valence-corrected chi connectivity index (χ3v) is 4.69. The van der Waals surface area contributed by atoms with E-state index in [1.54, 1.807) is 28.3 Å². The van der Waals surface area contributed by atoms with Crippen LogP contribution in [0.25, 0.3) is 0 Å². The van der Waals surface area contributed by atoms with Gasteiger partial charge in [0.05, 0.1) is 20.8 Å². The second-order valence-electron chi connectivity index (χ2n) is 7.44. The monoisotopic (exact) mass is 442 g/mol. The Hall–Kier alpha value is -3.42. The van der Waals surface area contributed by atoms with Crippen molar-refractivity contribution < 1.29 is 19.0 Å². The molecule has 1 atom stereocenters. The van der Waals surface area contributed by atoms with Crippen LogP contribution in [0.15, 0.2) is 53.5 Å². The highest BCUT2D eigenvalue weighted by Gasteiger charge is 2.10. The number of benzene rings is 2. The molecule has 1 unspecified atom stereocenters. The Morgan fingerprint density at radius 1 is 1.00 bits per heavy atom. The van der Waals surface area contributed by atoms with Gasteiger partial charge in [-0.1, -0.05) is 24.3 Å². The molecule has 0 aliphatic carbocycles. The van der Waals surface area contributed by atoms with Gasteiger partial charge in [-0.3, -0.25) is 4.79 Å². The van der Waals surface area contributed by atoms with Crippen molar-refractivity contribution in [3.63, 3.8) is 0 Å². The maximum Gasteiger partial charge on any atom is 0.243 e. The Balaban J connectivity index is 1.93. The molecule has 32 heavy (non-hydrogen) atoms. The number of carbonyl (C=O) groups excluding carboxylic acids is 1. The summed E-state index contributed by atoms with van der Waals surface area (Å²) in [6.45, 7) is 3.19. The predicted octanol–water partition coefficient (Wildman–Crippen LogP) is 2.34. The summed E-state index contributed by atoms with van der Waals surface area (Å²) < 4.78 is 16.5. The minimum atomic E-state index is -0.149. The van der Waals surface area contributed by atoms with Gasteiger partial charge < -0.3 is 29.7 Å². The maximum absolute atomic E-state index is 12.0. The van der Waals surface area contributed by atoms with Crippen LogP contribution in [0.3, 0.4) is 0 Å². The lowest BCUT2D eigenvalue weighted by Crippen LogP contribution is -2.43. The van der Waals surface area contributed by atoms with Crippen molar-refractivity contribution in [3.8, 4) is 17.2 Å². The summed E-state index contributed by atoms with van der Waals surface area (Å²) in [7, 11) is 6.69. The zero-order valence-electron chi connectivity index (χ0n) is 19.6. The van der Waals surface area contributed by atoms with Crippen LogP contribution in [0, 0.1) is 0 Å². The molecule has 0 aromatic heterocycles. The molecule has 0 saturated carbocycles. The maximum atomic E-state index is 12.0. The molecule has 0 radical (unpaired) electrons. The van der Waals surface area contributed by atoms with Crippen LogP contribution >= 0.6 is 0 Å². The molecular formula is C24H34N4O4. The lowest BCUT2D eigenvalue weighted by Gasteiger charge is -2.19. The van der Waals surface area contributed by atoms with Crippen LogP contribution in [0.4, 0.5) is 0 Å². The molecule has 0 heterocycles. The van der Waals surface area contributed by atoms with E-state index in [4.69, 9.17) is 14.2 Å². The molecule has 0 aliphatic heterocycles. The molecule has 1 amide bonds. The number of carbonyl (C=O) groups is 1. The number of likely N-dealkylation sites (N-methyl/N-ethyl adjacent to an activating group) is 1. The Morgan fingerprint density at radius 2 is 1.69 bits per heavy atom. The molecule has 174 valence electrons. The van der Waals surface area contributed by atoms with E-state index in [1.807, 2.05) is 55.5 Å². The third-order valence-electron chi connectivity index (χ3n) is 4.69. The number of amides is 1. The molecule has 2 N–H and O–H groups in total. The van der Waals surface area contributed by atoms with Crippen molar-refractivity contribution in [3.05, 3.63) is 54.1 Å². The fourth-order valence-corrected chi connectivity index (χ4v) is 2.79. The Labute approximate surface area is 190 Å². The summed E-state index contributed by atoms with van der Waals surface area (Å²) in [6.07, 6.45) is 0.656. The van der Waals surface area contributed by atoms with Crippen molar-refractivity contribution in [2.24, 2.45) is 4.99 Å². The standard InChI is InChI=1S/C24H34N4O4/c1-18(32-22-9-7-6-8-21(22)31-5)16-26-24(27-17-23(29)28(2)3)25-15-14-19-10-12-20(30-4)13-11-19/h6-13,18H,14-17H2,1-5H3,(H2,25,26,27). The summed E-state index contributed by atoms with van der Waals surface area (Å²) in [4.78, 5) is 17.9. The van der Waals surface area contributed by atoms with E-state index in [9.17, 15) is 4.79 Å². The molecule has 0 spiro atoms. The normalized spacial score (nSPS) is 12.0. The topological polar surface area (TPSA) is 84.4 Å². The molecule has 2 aromatic carbocycles. The zero-order valence-corrected chi connectivity index (χ0v) is 19.6. The van der Waals surface area contributed by atoms with Crippen molar-refractivity contribution in [1.82, 2.24) is 15.5 Å². The van der Waals surface area contributed by atoms with Crippen molar-refractivity contribution >= 4 is 11.9 Å². The Kier molecular flexibility index (Phi) is 10.2. The van der Waals surface area contributed by atoms with Crippen molar-refractivity contribution in [2.75, 3.05) is 47.9 Å². The van der Waals surface area contributed by atoms with E-state index in [2.05, 4.69) is 15.6 Å². The van der Waals surface area contributed by atoms with E-state index in [0.717, 1.165) is 12.2 Å². The van der Waals surface area contributed by atoms with E-state index in [1.165, 1.54) is 10.5 Å². The SMILES string of the molecule is COc1ccc(CCNC(=NCC(=O)N(C)C)NCC(C)Oc2ccccc2OC)cc1. The van der Waals surface area contributed by atoms with Gasteiger partial charge in [-0.25, -0.2) is 4.99 Å². The van der Waals surface area contributed by atoms with Gasteiger partial charge in [-0.2, -0.15) is 0 Å². The molecule has 2 rings (SSSR count). The first kappa shape index (κ1) is 24.8. The van der Waals surface area contributed by atoms with E-state index >= 15 is 0 Å². The van der Waals surface area contributed by atoms with Crippen LogP contribution in [-0.2, 0) is 11.2 Å². The number of aliphatic imine (C=N–C) groups is 1. The highest BCUT2D eigenvalue weighted by atomic mass is 16.5. The summed E-state index contributed by atoms with van der Waals surface area (Å²) >= 11 is 0. The van der Waals surface area contributed by atoms with Crippen molar-refractivity contribution in [1.29, 1.82) is 0 Å². The minimum absolute atomic E-state index is 0.0621. The predicted molar refractivity (Wildman–Crippen MR) is 127 cm³/mol. The number of nitrogens with zero attached hydrogens (tertiary/aromatic N) is 2. The van der Waals surface area contributed by atoms with Gasteiger partial charge in [0.2, 0.25) is 5.91 Å².